The van der Waals surface area contributed by atoms with E-state index in [1.54, 1.807) is 12.4 Å². The van der Waals surface area contributed by atoms with Crippen LogP contribution in [0.4, 0.5) is 13.2 Å². The number of aliphatic hydroxyl groups excluding tert-OH is 1. The van der Waals surface area contributed by atoms with Crippen molar-refractivity contribution in [2.45, 2.75) is 44.0 Å². The number of fused-ring (bicyclic) bond motifs is 1. The summed E-state index contributed by atoms with van der Waals surface area (Å²) in [4.78, 5) is 8.14. The lowest BCUT2D eigenvalue weighted by molar-refractivity contribution is -0.137. The first-order valence-corrected chi connectivity index (χ1v) is 8.76. The van der Waals surface area contributed by atoms with Crippen LogP contribution in [0.15, 0.2) is 42.9 Å². The van der Waals surface area contributed by atoms with Gasteiger partial charge in [0.1, 0.15) is 5.75 Å². The Morgan fingerprint density at radius 2 is 1.81 bits per heavy atom. The Balaban J connectivity index is 1.57. The smallest absolute Gasteiger partial charge is 0.417 e. The normalized spacial score (nSPS) is 20.7. The van der Waals surface area contributed by atoms with Gasteiger partial charge in [0.05, 0.1) is 29.0 Å². The number of imidazole rings is 1. The standard InChI is InChI=1S/C19H18F3N3O2/c20-19(21,22)12-1-8-18(23-10-12)27-15-6-7-16-17(9-15)25(11-24-16)13-2-4-14(26)5-3-13/h1,6-11,13-14,26H,2-5H2/t13-,14-. The summed E-state index contributed by atoms with van der Waals surface area (Å²) >= 11 is 0. The lowest BCUT2D eigenvalue weighted by Crippen LogP contribution is -2.20. The Morgan fingerprint density at radius 1 is 1.04 bits per heavy atom. The summed E-state index contributed by atoms with van der Waals surface area (Å²) < 4.78 is 45.6. The van der Waals surface area contributed by atoms with Gasteiger partial charge in [-0.15, -0.1) is 0 Å². The quantitative estimate of drug-likeness (QED) is 0.718. The van der Waals surface area contributed by atoms with Crippen LogP contribution in [-0.4, -0.2) is 25.7 Å². The number of nitrogens with zero attached hydrogens (tertiary/aromatic N) is 3. The first-order chi connectivity index (χ1) is 12.9. The molecule has 1 N–H and O–H groups in total. The second kappa shape index (κ2) is 6.84. The minimum absolute atomic E-state index is 0.0919. The number of alkyl halides is 3. The van der Waals surface area contributed by atoms with Gasteiger partial charge in [-0.25, -0.2) is 9.97 Å². The molecule has 0 bridgehead atoms. The molecule has 0 atom stereocenters. The Hall–Kier alpha value is -2.61. The van der Waals surface area contributed by atoms with Crippen LogP contribution in [0.1, 0.15) is 37.3 Å². The van der Waals surface area contributed by atoms with E-state index >= 15 is 0 Å². The number of rotatable bonds is 3. The SMILES string of the molecule is O[C@H]1CC[C@H](n2cnc3ccc(Oc4ccc(C(F)(F)F)cn4)cc32)CC1. The summed E-state index contributed by atoms with van der Waals surface area (Å²) in [5, 5.41) is 9.69. The third kappa shape index (κ3) is 3.75. The van der Waals surface area contributed by atoms with Crippen molar-refractivity contribution in [2.75, 3.05) is 0 Å². The van der Waals surface area contributed by atoms with Gasteiger partial charge in [0.2, 0.25) is 5.88 Å². The van der Waals surface area contributed by atoms with Crippen LogP contribution in [0.3, 0.4) is 0 Å². The molecule has 0 unspecified atom stereocenters. The van der Waals surface area contributed by atoms with E-state index in [2.05, 4.69) is 14.5 Å². The third-order valence-corrected chi connectivity index (χ3v) is 4.89. The molecule has 0 radical (unpaired) electrons. The predicted molar refractivity (Wildman–Crippen MR) is 92.6 cm³/mol. The largest absolute Gasteiger partial charge is 0.439 e. The second-order valence-corrected chi connectivity index (χ2v) is 6.75. The zero-order chi connectivity index (χ0) is 19.0. The zero-order valence-electron chi connectivity index (χ0n) is 14.4. The molecule has 1 saturated carbocycles. The van der Waals surface area contributed by atoms with Gasteiger partial charge in [0, 0.05) is 24.4 Å². The van der Waals surface area contributed by atoms with Crippen molar-refractivity contribution in [3.63, 3.8) is 0 Å². The van der Waals surface area contributed by atoms with Gasteiger partial charge in [-0.3, -0.25) is 0 Å². The van der Waals surface area contributed by atoms with Crippen molar-refractivity contribution < 1.29 is 23.0 Å². The Kier molecular flexibility index (Phi) is 4.51. The third-order valence-electron chi connectivity index (χ3n) is 4.89. The maximum atomic E-state index is 12.6. The Morgan fingerprint density at radius 3 is 2.48 bits per heavy atom. The fourth-order valence-corrected chi connectivity index (χ4v) is 3.43. The molecule has 1 aliphatic rings. The van der Waals surface area contributed by atoms with E-state index in [0.717, 1.165) is 49.0 Å². The van der Waals surface area contributed by atoms with Gasteiger partial charge in [-0.05, 0) is 43.9 Å². The van der Waals surface area contributed by atoms with Crippen molar-refractivity contribution in [3.8, 4) is 11.6 Å². The number of benzene rings is 1. The molecule has 4 rings (SSSR count). The molecule has 1 fully saturated rings. The average molecular weight is 377 g/mol. The highest BCUT2D eigenvalue weighted by molar-refractivity contribution is 5.77. The molecule has 0 spiro atoms. The van der Waals surface area contributed by atoms with Crippen molar-refractivity contribution in [2.24, 2.45) is 0 Å². The molecule has 3 aromatic rings. The van der Waals surface area contributed by atoms with E-state index in [4.69, 9.17) is 4.74 Å². The van der Waals surface area contributed by atoms with Gasteiger partial charge in [-0.2, -0.15) is 13.2 Å². The van der Waals surface area contributed by atoms with Crippen molar-refractivity contribution in [1.82, 2.24) is 14.5 Å². The molecule has 8 heteroatoms. The van der Waals surface area contributed by atoms with Crippen molar-refractivity contribution in [3.05, 3.63) is 48.4 Å². The first kappa shape index (κ1) is 17.8. The number of pyridine rings is 1. The summed E-state index contributed by atoms with van der Waals surface area (Å²) in [5.41, 5.74) is 0.887. The van der Waals surface area contributed by atoms with E-state index in [9.17, 15) is 18.3 Å². The van der Waals surface area contributed by atoms with Crippen LogP contribution < -0.4 is 4.74 Å². The lowest BCUT2D eigenvalue weighted by Gasteiger charge is -2.26. The van der Waals surface area contributed by atoms with E-state index in [1.165, 1.54) is 6.07 Å². The van der Waals surface area contributed by atoms with E-state index in [0.29, 0.717) is 5.75 Å². The maximum Gasteiger partial charge on any atom is 0.417 e. The summed E-state index contributed by atoms with van der Waals surface area (Å²) in [6.45, 7) is 0. The fourth-order valence-electron chi connectivity index (χ4n) is 3.43. The van der Waals surface area contributed by atoms with Gasteiger partial charge < -0.3 is 14.4 Å². The molecule has 5 nitrogen and oxygen atoms in total. The molecule has 1 aromatic carbocycles. The maximum absolute atomic E-state index is 12.6. The lowest BCUT2D eigenvalue weighted by atomic mass is 9.93. The Bertz CT molecular complexity index is 930. The number of hydrogen-bond donors (Lipinski definition) is 1. The molecular weight excluding hydrogens is 359 g/mol. The van der Waals surface area contributed by atoms with Gasteiger partial charge in [0.15, 0.2) is 0 Å². The van der Waals surface area contributed by atoms with Crippen LogP contribution in [0.5, 0.6) is 11.6 Å². The van der Waals surface area contributed by atoms with E-state index < -0.39 is 11.7 Å². The molecule has 27 heavy (non-hydrogen) atoms. The molecule has 1 aliphatic carbocycles. The van der Waals surface area contributed by atoms with Crippen molar-refractivity contribution >= 4 is 11.0 Å². The van der Waals surface area contributed by atoms with Crippen molar-refractivity contribution in [1.29, 1.82) is 0 Å². The molecule has 142 valence electrons. The van der Waals surface area contributed by atoms with Gasteiger partial charge in [0.25, 0.3) is 0 Å². The fraction of sp³-hybridized carbons (Fsp3) is 0.368. The highest BCUT2D eigenvalue weighted by Crippen LogP contribution is 2.33. The average Bonchev–Trinajstić information content (AvgIpc) is 3.05. The summed E-state index contributed by atoms with van der Waals surface area (Å²) in [6.07, 6.45) is 1.14. The molecule has 0 saturated heterocycles. The molecule has 2 aromatic heterocycles. The van der Waals surface area contributed by atoms with Crippen LogP contribution in [-0.2, 0) is 6.18 Å². The monoisotopic (exact) mass is 377 g/mol. The molecule has 0 aliphatic heterocycles. The topological polar surface area (TPSA) is 60.2 Å². The van der Waals surface area contributed by atoms with E-state index in [-0.39, 0.29) is 18.0 Å². The van der Waals surface area contributed by atoms with Gasteiger partial charge >= 0.3 is 6.18 Å². The number of aromatic nitrogens is 3. The summed E-state index contributed by atoms with van der Waals surface area (Å²) in [5.74, 6) is 0.571. The minimum Gasteiger partial charge on any atom is -0.439 e. The van der Waals surface area contributed by atoms with Crippen LogP contribution in [0, 0.1) is 0 Å². The van der Waals surface area contributed by atoms with E-state index in [1.807, 2.05) is 12.1 Å². The Labute approximate surface area is 153 Å². The van der Waals surface area contributed by atoms with Crippen LogP contribution in [0.25, 0.3) is 11.0 Å². The highest BCUT2D eigenvalue weighted by Gasteiger charge is 2.30. The number of hydrogen-bond acceptors (Lipinski definition) is 4. The highest BCUT2D eigenvalue weighted by atomic mass is 19.4. The predicted octanol–water partition coefficient (Wildman–Crippen LogP) is 4.72. The summed E-state index contributed by atoms with van der Waals surface area (Å²) in [6, 6.07) is 7.74. The van der Waals surface area contributed by atoms with Crippen LogP contribution in [0.2, 0.25) is 0 Å². The molecule has 0 amide bonds. The first-order valence-electron chi connectivity index (χ1n) is 8.76. The number of halogens is 3. The molecular formula is C19H18F3N3O2. The number of ether oxygens (including phenoxy) is 1. The second-order valence-electron chi connectivity index (χ2n) is 6.75. The van der Waals surface area contributed by atoms with Gasteiger partial charge in [-0.1, -0.05) is 0 Å². The molecule has 2 heterocycles. The zero-order valence-corrected chi connectivity index (χ0v) is 14.4. The van der Waals surface area contributed by atoms with Crippen LogP contribution >= 0.6 is 0 Å². The minimum atomic E-state index is -4.43. The summed E-state index contributed by atoms with van der Waals surface area (Å²) in [7, 11) is 0. The number of aliphatic hydroxyl groups is 1.